The SMILES string of the molecule is CC(C)CN(C(=O)c1nc2ccccc2n1CC(F)F)[C@H]1C[C@@H](C(=O)N2CCCCC2)CN(C(=O)OC(C)(C)C)C1. The molecule has 1 aromatic carbocycles. The van der Waals surface area contributed by atoms with Crippen molar-refractivity contribution in [2.24, 2.45) is 11.8 Å². The van der Waals surface area contributed by atoms with Crippen LogP contribution in [-0.4, -0.2) is 93.0 Å². The molecule has 0 aliphatic carbocycles. The highest BCUT2D eigenvalue weighted by Gasteiger charge is 2.41. The second kappa shape index (κ2) is 12.7. The van der Waals surface area contributed by atoms with E-state index in [-0.39, 0.29) is 30.7 Å². The number of amides is 3. The molecule has 4 rings (SSSR count). The van der Waals surface area contributed by atoms with Gasteiger partial charge < -0.3 is 24.0 Å². The number of likely N-dealkylation sites (tertiary alicyclic amines) is 2. The fraction of sp³-hybridized carbons (Fsp3) is 0.667. The summed E-state index contributed by atoms with van der Waals surface area (Å²) in [4.78, 5) is 50.6. The Balaban J connectivity index is 1.70. The lowest BCUT2D eigenvalue weighted by molar-refractivity contribution is -0.139. The van der Waals surface area contributed by atoms with E-state index >= 15 is 0 Å². The number of piperidine rings is 2. The number of aromatic nitrogens is 2. The molecule has 0 N–H and O–H groups in total. The van der Waals surface area contributed by atoms with Gasteiger partial charge >= 0.3 is 6.09 Å². The molecule has 0 saturated carbocycles. The third-order valence-corrected chi connectivity index (χ3v) is 7.53. The predicted molar refractivity (Wildman–Crippen MR) is 152 cm³/mol. The first kappa shape index (κ1) is 30.7. The lowest BCUT2D eigenvalue weighted by Crippen LogP contribution is -2.58. The van der Waals surface area contributed by atoms with E-state index in [9.17, 15) is 23.2 Å². The lowest BCUT2D eigenvalue weighted by atomic mass is 9.90. The molecule has 9 nitrogen and oxygen atoms in total. The van der Waals surface area contributed by atoms with Gasteiger partial charge in [0.05, 0.1) is 29.5 Å². The number of nitrogens with zero attached hydrogens (tertiary/aromatic N) is 5. The maximum Gasteiger partial charge on any atom is 0.410 e. The maximum atomic E-state index is 14.2. The van der Waals surface area contributed by atoms with Gasteiger partial charge in [0.1, 0.15) is 5.60 Å². The number of halogens is 2. The smallest absolute Gasteiger partial charge is 0.410 e. The zero-order valence-electron chi connectivity index (χ0n) is 24.8. The molecule has 2 atom stereocenters. The van der Waals surface area contributed by atoms with Crippen molar-refractivity contribution in [3.8, 4) is 0 Å². The normalized spacial score (nSPS) is 20.1. The van der Waals surface area contributed by atoms with Crippen LogP contribution in [0, 0.1) is 11.8 Å². The minimum atomic E-state index is -2.68. The fourth-order valence-electron chi connectivity index (χ4n) is 5.81. The number of rotatable bonds is 7. The van der Waals surface area contributed by atoms with Crippen LogP contribution in [0.5, 0.6) is 0 Å². The number of fused-ring (bicyclic) bond motifs is 1. The first-order chi connectivity index (χ1) is 19.3. The van der Waals surface area contributed by atoms with Gasteiger partial charge in [0, 0.05) is 32.7 Å². The molecule has 2 aliphatic rings. The summed E-state index contributed by atoms with van der Waals surface area (Å²) in [5.74, 6) is -1.05. The van der Waals surface area contributed by atoms with Crippen LogP contribution in [0.1, 0.15) is 70.9 Å². The minimum absolute atomic E-state index is 0.0233. The molecular weight excluding hydrogens is 532 g/mol. The van der Waals surface area contributed by atoms with Crippen LogP contribution in [-0.2, 0) is 16.1 Å². The third kappa shape index (κ3) is 7.54. The van der Waals surface area contributed by atoms with E-state index in [1.165, 1.54) is 9.47 Å². The molecule has 3 amide bonds. The Morgan fingerprint density at radius 1 is 1.05 bits per heavy atom. The van der Waals surface area contributed by atoms with Gasteiger partial charge in [-0.15, -0.1) is 0 Å². The summed E-state index contributed by atoms with van der Waals surface area (Å²) < 4.78 is 34.3. The summed E-state index contributed by atoms with van der Waals surface area (Å²) in [5, 5.41) is 0. The fourth-order valence-corrected chi connectivity index (χ4v) is 5.81. The topological polar surface area (TPSA) is 88.0 Å². The molecule has 1 aromatic heterocycles. The molecule has 226 valence electrons. The molecule has 41 heavy (non-hydrogen) atoms. The molecule has 11 heteroatoms. The van der Waals surface area contributed by atoms with Gasteiger partial charge in [-0.05, 0) is 64.5 Å². The van der Waals surface area contributed by atoms with Gasteiger partial charge in [-0.2, -0.15) is 0 Å². The Hall–Kier alpha value is -3.24. The van der Waals surface area contributed by atoms with Gasteiger partial charge in [0.2, 0.25) is 5.91 Å². The van der Waals surface area contributed by atoms with Crippen molar-refractivity contribution in [2.75, 3.05) is 32.7 Å². The van der Waals surface area contributed by atoms with Crippen LogP contribution >= 0.6 is 0 Å². The highest BCUT2D eigenvalue weighted by molar-refractivity contribution is 5.95. The number of alkyl halides is 2. The highest BCUT2D eigenvalue weighted by atomic mass is 19.3. The predicted octanol–water partition coefficient (Wildman–Crippen LogP) is 5.04. The van der Waals surface area contributed by atoms with E-state index in [0.29, 0.717) is 37.1 Å². The first-order valence-corrected chi connectivity index (χ1v) is 14.6. The second-order valence-corrected chi connectivity index (χ2v) is 12.6. The van der Waals surface area contributed by atoms with E-state index < -0.39 is 42.5 Å². The van der Waals surface area contributed by atoms with E-state index in [2.05, 4.69) is 4.98 Å². The van der Waals surface area contributed by atoms with Crippen molar-refractivity contribution in [3.05, 3.63) is 30.1 Å². The van der Waals surface area contributed by atoms with Crippen molar-refractivity contribution >= 4 is 28.9 Å². The van der Waals surface area contributed by atoms with Crippen molar-refractivity contribution in [1.82, 2.24) is 24.3 Å². The summed E-state index contributed by atoms with van der Waals surface area (Å²) in [7, 11) is 0. The number of carbonyl (C=O) groups is 3. The molecule has 0 spiro atoms. The van der Waals surface area contributed by atoms with E-state index in [1.807, 2.05) is 18.7 Å². The van der Waals surface area contributed by atoms with Crippen molar-refractivity contribution in [3.63, 3.8) is 0 Å². The molecule has 2 fully saturated rings. The summed E-state index contributed by atoms with van der Waals surface area (Å²) >= 11 is 0. The van der Waals surface area contributed by atoms with Crippen molar-refractivity contribution < 1.29 is 27.9 Å². The zero-order chi connectivity index (χ0) is 29.9. The average Bonchev–Trinajstić information content (AvgIpc) is 3.28. The summed E-state index contributed by atoms with van der Waals surface area (Å²) in [5.41, 5.74) is 0.181. The largest absolute Gasteiger partial charge is 0.444 e. The highest BCUT2D eigenvalue weighted by Crippen LogP contribution is 2.28. The number of hydrogen-bond donors (Lipinski definition) is 0. The van der Waals surface area contributed by atoms with Gasteiger partial charge in [0.15, 0.2) is 5.82 Å². The van der Waals surface area contributed by atoms with Gasteiger partial charge in [-0.3, -0.25) is 9.59 Å². The van der Waals surface area contributed by atoms with Crippen LogP contribution in [0.3, 0.4) is 0 Å². The molecule has 0 unspecified atom stereocenters. The van der Waals surface area contributed by atoms with Crippen LogP contribution in [0.4, 0.5) is 13.6 Å². The van der Waals surface area contributed by atoms with E-state index in [1.54, 1.807) is 49.9 Å². The number of imidazole rings is 1. The Kier molecular flexibility index (Phi) is 9.54. The van der Waals surface area contributed by atoms with Gasteiger partial charge in [-0.25, -0.2) is 18.6 Å². The molecule has 2 aliphatic heterocycles. The number of carbonyl (C=O) groups excluding carboxylic acids is 3. The van der Waals surface area contributed by atoms with Gasteiger partial charge in [0.25, 0.3) is 12.3 Å². The standard InChI is InChI=1S/C30H43F2N5O4/c1-20(2)16-36(28(39)26-33-23-11-7-8-12-24(23)37(26)19-25(31)32)22-15-21(27(38)34-13-9-6-10-14-34)17-35(18-22)29(40)41-30(3,4)5/h7-8,11-12,20-22,25H,6,9-10,13-19H2,1-5H3/t21-,22+/m1/s1. The lowest BCUT2D eigenvalue weighted by Gasteiger charge is -2.44. The Morgan fingerprint density at radius 2 is 1.73 bits per heavy atom. The monoisotopic (exact) mass is 575 g/mol. The average molecular weight is 576 g/mol. The molecule has 0 radical (unpaired) electrons. The van der Waals surface area contributed by atoms with Gasteiger partial charge in [-0.1, -0.05) is 26.0 Å². The number of ether oxygens (including phenoxy) is 1. The van der Waals surface area contributed by atoms with Crippen molar-refractivity contribution in [1.29, 1.82) is 0 Å². The second-order valence-electron chi connectivity index (χ2n) is 12.6. The Bertz CT molecular complexity index is 1240. The number of benzene rings is 1. The van der Waals surface area contributed by atoms with E-state index in [0.717, 1.165) is 19.3 Å². The van der Waals surface area contributed by atoms with Crippen molar-refractivity contribution in [2.45, 2.75) is 84.9 Å². The molecule has 3 heterocycles. The number of hydrogen-bond acceptors (Lipinski definition) is 5. The Labute approximate surface area is 240 Å². The third-order valence-electron chi connectivity index (χ3n) is 7.53. The van der Waals surface area contributed by atoms with Crippen LogP contribution in [0.2, 0.25) is 0 Å². The van der Waals surface area contributed by atoms with E-state index in [4.69, 9.17) is 4.74 Å². The molecule has 0 bridgehead atoms. The molecule has 2 aromatic rings. The molecule has 2 saturated heterocycles. The summed E-state index contributed by atoms with van der Waals surface area (Å²) in [6, 6.07) is 6.32. The Morgan fingerprint density at radius 3 is 2.37 bits per heavy atom. The number of para-hydroxylation sites is 2. The molecular formula is C30H43F2N5O4. The minimum Gasteiger partial charge on any atom is -0.444 e. The maximum absolute atomic E-state index is 14.2. The van der Waals surface area contributed by atoms with Crippen LogP contribution in [0.25, 0.3) is 11.0 Å². The zero-order valence-corrected chi connectivity index (χ0v) is 24.8. The van der Waals surface area contributed by atoms with Crippen LogP contribution in [0.15, 0.2) is 24.3 Å². The summed E-state index contributed by atoms with van der Waals surface area (Å²) in [6.07, 6.45) is 0.105. The first-order valence-electron chi connectivity index (χ1n) is 14.6. The quantitative estimate of drug-likeness (QED) is 0.462. The van der Waals surface area contributed by atoms with Crippen LogP contribution < -0.4 is 0 Å². The summed E-state index contributed by atoms with van der Waals surface area (Å²) in [6.45, 7) is 10.7.